The Labute approximate surface area is 114 Å². The Balaban J connectivity index is 2.95. The summed E-state index contributed by atoms with van der Waals surface area (Å²) >= 11 is 7.02. The fourth-order valence-corrected chi connectivity index (χ4v) is 1.97. The number of nitrogens with zero attached hydrogens (tertiary/aromatic N) is 1. The maximum Gasteiger partial charge on any atom is 0.255 e. The van der Waals surface area contributed by atoms with Crippen LogP contribution in [0.5, 0.6) is 0 Å². The van der Waals surface area contributed by atoms with Gasteiger partial charge in [-0.05, 0) is 41.6 Å². The number of benzene rings is 1. The predicted octanol–water partition coefficient (Wildman–Crippen LogP) is 2.04. The molecule has 0 heterocycles. The minimum absolute atomic E-state index is 0.0645. The summed E-state index contributed by atoms with van der Waals surface area (Å²) in [6, 6.07) is 7.20. The van der Waals surface area contributed by atoms with Gasteiger partial charge in [-0.15, -0.1) is 0 Å². The molecule has 0 aromatic heterocycles. The van der Waals surface area contributed by atoms with Crippen molar-refractivity contribution >= 4 is 45.7 Å². The third-order valence-corrected chi connectivity index (χ3v) is 3.70. The van der Waals surface area contributed by atoms with E-state index in [0.29, 0.717) is 10.6 Å². The van der Waals surface area contributed by atoms with E-state index in [0.717, 1.165) is 3.57 Å². The molecule has 1 aromatic rings. The fourth-order valence-electron chi connectivity index (χ4n) is 1.19. The smallest absolute Gasteiger partial charge is 0.255 e. The third kappa shape index (κ3) is 2.91. The monoisotopic (exact) mass is 348 g/mol. The highest BCUT2D eigenvalue weighted by molar-refractivity contribution is 14.1. The van der Waals surface area contributed by atoms with Crippen molar-refractivity contribution < 1.29 is 4.79 Å². The molecule has 1 rings (SSSR count). The van der Waals surface area contributed by atoms with Crippen molar-refractivity contribution in [2.75, 3.05) is 7.05 Å². The second-order valence-corrected chi connectivity index (χ2v) is 5.11. The SMILES string of the molecule is CC(C(N)=S)N(C)C(=O)c1ccccc1I. The Hall–Kier alpha value is -0.690. The highest BCUT2D eigenvalue weighted by Crippen LogP contribution is 2.14. The van der Waals surface area contributed by atoms with Crippen LogP contribution >= 0.6 is 34.8 Å². The number of nitrogens with two attached hydrogens (primary N) is 1. The first kappa shape index (κ1) is 13.4. The first-order valence-electron chi connectivity index (χ1n) is 4.76. The molecule has 0 saturated carbocycles. The summed E-state index contributed by atoms with van der Waals surface area (Å²) in [5, 5.41) is 0. The third-order valence-electron chi connectivity index (χ3n) is 2.42. The Morgan fingerprint density at radius 1 is 1.50 bits per heavy atom. The van der Waals surface area contributed by atoms with Gasteiger partial charge in [-0.1, -0.05) is 24.4 Å². The van der Waals surface area contributed by atoms with Gasteiger partial charge in [-0.25, -0.2) is 0 Å². The number of hydrogen-bond donors (Lipinski definition) is 1. The Kier molecular flexibility index (Phi) is 4.67. The van der Waals surface area contributed by atoms with Gasteiger partial charge in [0.05, 0.1) is 16.6 Å². The number of likely N-dealkylation sites (N-methyl/N-ethyl adjacent to an activating group) is 1. The van der Waals surface area contributed by atoms with Crippen LogP contribution in [0.15, 0.2) is 24.3 Å². The summed E-state index contributed by atoms with van der Waals surface area (Å²) in [6.07, 6.45) is 0. The molecule has 5 heteroatoms. The molecule has 0 fully saturated rings. The first-order valence-corrected chi connectivity index (χ1v) is 6.25. The summed E-state index contributed by atoms with van der Waals surface area (Å²) in [5.74, 6) is -0.0645. The van der Waals surface area contributed by atoms with Crippen molar-refractivity contribution in [2.45, 2.75) is 13.0 Å². The highest BCUT2D eigenvalue weighted by atomic mass is 127. The van der Waals surface area contributed by atoms with Crippen molar-refractivity contribution in [1.82, 2.24) is 4.90 Å². The Morgan fingerprint density at radius 3 is 2.56 bits per heavy atom. The maximum atomic E-state index is 12.1. The normalized spacial score (nSPS) is 11.9. The van der Waals surface area contributed by atoms with Gasteiger partial charge < -0.3 is 10.6 Å². The van der Waals surface area contributed by atoms with Gasteiger partial charge in [0.1, 0.15) is 0 Å². The van der Waals surface area contributed by atoms with E-state index >= 15 is 0 Å². The average Bonchev–Trinajstić information content (AvgIpc) is 2.26. The molecule has 1 amide bonds. The lowest BCUT2D eigenvalue weighted by atomic mass is 10.2. The lowest BCUT2D eigenvalue weighted by molar-refractivity contribution is 0.0778. The van der Waals surface area contributed by atoms with Crippen LogP contribution in [0, 0.1) is 3.57 Å². The zero-order valence-corrected chi connectivity index (χ0v) is 12.1. The molecule has 0 spiro atoms. The molecule has 0 aliphatic carbocycles. The van der Waals surface area contributed by atoms with Crippen molar-refractivity contribution in [3.8, 4) is 0 Å². The molecule has 0 radical (unpaired) electrons. The van der Waals surface area contributed by atoms with Gasteiger partial charge in [0, 0.05) is 10.6 Å². The fraction of sp³-hybridized carbons (Fsp3) is 0.273. The van der Waals surface area contributed by atoms with Crippen LogP contribution in [0.4, 0.5) is 0 Å². The van der Waals surface area contributed by atoms with Gasteiger partial charge >= 0.3 is 0 Å². The molecule has 0 aliphatic heterocycles. The zero-order valence-electron chi connectivity index (χ0n) is 9.11. The Morgan fingerprint density at radius 2 is 2.06 bits per heavy atom. The molecule has 0 saturated heterocycles. The number of halogens is 1. The van der Waals surface area contributed by atoms with E-state index in [2.05, 4.69) is 22.6 Å². The molecule has 16 heavy (non-hydrogen) atoms. The lowest BCUT2D eigenvalue weighted by Crippen LogP contribution is -2.42. The lowest BCUT2D eigenvalue weighted by Gasteiger charge is -2.24. The second kappa shape index (κ2) is 5.58. The van der Waals surface area contributed by atoms with Crippen molar-refractivity contribution in [1.29, 1.82) is 0 Å². The van der Waals surface area contributed by atoms with E-state index in [1.807, 2.05) is 25.1 Å². The summed E-state index contributed by atoms with van der Waals surface area (Å²) < 4.78 is 0.923. The van der Waals surface area contributed by atoms with Gasteiger partial charge in [0.25, 0.3) is 5.91 Å². The Bertz CT molecular complexity index is 422. The quantitative estimate of drug-likeness (QED) is 0.672. The van der Waals surface area contributed by atoms with E-state index < -0.39 is 0 Å². The van der Waals surface area contributed by atoms with Gasteiger partial charge in [0.2, 0.25) is 0 Å². The standard InChI is InChI=1S/C11H13IN2OS/c1-7(10(13)16)14(2)11(15)8-5-3-4-6-9(8)12/h3-7H,1-2H3,(H2,13,16). The first-order chi connectivity index (χ1) is 7.45. The summed E-state index contributed by atoms with van der Waals surface area (Å²) in [5.41, 5.74) is 6.20. The molecule has 0 aliphatic rings. The molecule has 1 atom stereocenters. The van der Waals surface area contributed by atoms with E-state index in [4.69, 9.17) is 18.0 Å². The molecular formula is C11H13IN2OS. The van der Waals surface area contributed by atoms with Crippen LogP contribution < -0.4 is 5.73 Å². The largest absolute Gasteiger partial charge is 0.392 e. The van der Waals surface area contributed by atoms with E-state index in [1.54, 1.807) is 18.0 Å². The van der Waals surface area contributed by atoms with Crippen molar-refractivity contribution in [2.24, 2.45) is 5.73 Å². The van der Waals surface area contributed by atoms with Gasteiger partial charge in [-0.3, -0.25) is 4.79 Å². The van der Waals surface area contributed by atoms with E-state index in [-0.39, 0.29) is 11.9 Å². The topological polar surface area (TPSA) is 46.3 Å². The average molecular weight is 348 g/mol. The second-order valence-electron chi connectivity index (χ2n) is 3.47. The molecule has 86 valence electrons. The van der Waals surface area contributed by atoms with Crippen LogP contribution in [0.3, 0.4) is 0 Å². The molecule has 1 aromatic carbocycles. The number of carbonyl (C=O) groups excluding carboxylic acids is 1. The number of hydrogen-bond acceptors (Lipinski definition) is 2. The van der Waals surface area contributed by atoms with Crippen molar-refractivity contribution in [3.63, 3.8) is 0 Å². The number of amides is 1. The van der Waals surface area contributed by atoms with Crippen LogP contribution in [0.1, 0.15) is 17.3 Å². The minimum Gasteiger partial charge on any atom is -0.392 e. The molecule has 0 bridgehead atoms. The van der Waals surface area contributed by atoms with Crippen molar-refractivity contribution in [3.05, 3.63) is 33.4 Å². The molecule has 2 N–H and O–H groups in total. The summed E-state index contributed by atoms with van der Waals surface area (Å²) in [6.45, 7) is 1.82. The van der Waals surface area contributed by atoms with Gasteiger partial charge in [0.15, 0.2) is 0 Å². The minimum atomic E-state index is -0.237. The number of thiocarbonyl (C=S) groups is 1. The summed E-state index contributed by atoms with van der Waals surface area (Å²) in [4.78, 5) is 14.0. The van der Waals surface area contributed by atoms with E-state index in [9.17, 15) is 4.79 Å². The maximum absolute atomic E-state index is 12.1. The van der Waals surface area contributed by atoms with Crippen LogP contribution in [-0.4, -0.2) is 28.9 Å². The van der Waals surface area contributed by atoms with Crippen LogP contribution in [0.25, 0.3) is 0 Å². The molecule has 1 unspecified atom stereocenters. The molecule has 3 nitrogen and oxygen atoms in total. The predicted molar refractivity (Wildman–Crippen MR) is 77.5 cm³/mol. The number of carbonyl (C=O) groups is 1. The summed E-state index contributed by atoms with van der Waals surface area (Å²) in [7, 11) is 1.70. The zero-order chi connectivity index (χ0) is 12.3. The van der Waals surface area contributed by atoms with E-state index in [1.165, 1.54) is 0 Å². The van der Waals surface area contributed by atoms with Crippen LogP contribution in [-0.2, 0) is 0 Å². The molecular weight excluding hydrogens is 335 g/mol. The highest BCUT2D eigenvalue weighted by Gasteiger charge is 2.20. The van der Waals surface area contributed by atoms with Gasteiger partial charge in [-0.2, -0.15) is 0 Å². The number of rotatable bonds is 3. The van der Waals surface area contributed by atoms with Crippen LogP contribution in [0.2, 0.25) is 0 Å².